The van der Waals surface area contributed by atoms with E-state index < -0.39 is 23.8 Å². The number of carbonyl (C=O) groups is 4. The molecule has 1 saturated carbocycles. The molecule has 2 aliphatic rings. The Labute approximate surface area is 229 Å². The number of nitrogens with one attached hydrogen (secondary N) is 2. The summed E-state index contributed by atoms with van der Waals surface area (Å²) >= 11 is 5.98. The molecule has 10 nitrogen and oxygen atoms in total. The Hall–Kier alpha value is -2.69. The largest absolute Gasteiger partial charge is 0.465 e. The number of rotatable bonds is 11. The van der Waals surface area contributed by atoms with Gasteiger partial charge >= 0.3 is 5.97 Å². The predicted molar refractivity (Wildman–Crippen MR) is 144 cm³/mol. The van der Waals surface area contributed by atoms with Gasteiger partial charge in [-0.15, -0.1) is 0 Å². The molecule has 0 unspecified atom stereocenters. The van der Waals surface area contributed by atoms with Crippen LogP contribution in [-0.2, 0) is 30.3 Å². The summed E-state index contributed by atoms with van der Waals surface area (Å²) in [6, 6.07) is 6.35. The zero-order chi connectivity index (χ0) is 27.7. The van der Waals surface area contributed by atoms with Crippen LogP contribution in [0.1, 0.15) is 57.9 Å². The summed E-state index contributed by atoms with van der Waals surface area (Å²) in [5.74, 6) is -1.64. The first-order valence-corrected chi connectivity index (χ1v) is 13.8. The topological polar surface area (TPSA) is 134 Å². The van der Waals surface area contributed by atoms with Crippen molar-refractivity contribution in [1.82, 2.24) is 20.7 Å². The van der Waals surface area contributed by atoms with Crippen molar-refractivity contribution in [2.75, 3.05) is 26.2 Å². The third kappa shape index (κ3) is 8.68. The van der Waals surface area contributed by atoms with Crippen molar-refractivity contribution in [2.24, 2.45) is 11.7 Å². The van der Waals surface area contributed by atoms with Crippen LogP contribution >= 0.6 is 11.6 Å². The predicted octanol–water partition coefficient (Wildman–Crippen LogP) is 1.79. The number of ether oxygens (including phenoxy) is 1. The zero-order valence-electron chi connectivity index (χ0n) is 22.3. The van der Waals surface area contributed by atoms with Crippen molar-refractivity contribution >= 4 is 35.3 Å². The number of hydrogen-bond donors (Lipinski definition) is 3. The molecule has 210 valence electrons. The van der Waals surface area contributed by atoms with E-state index in [2.05, 4.69) is 10.7 Å². The van der Waals surface area contributed by atoms with Gasteiger partial charge in [0.1, 0.15) is 12.6 Å². The number of amides is 3. The minimum Gasteiger partial charge on any atom is -0.465 e. The molecule has 3 atom stereocenters. The quantitative estimate of drug-likeness (QED) is 0.358. The fourth-order valence-electron chi connectivity index (χ4n) is 5.21. The first kappa shape index (κ1) is 29.9. The zero-order valence-corrected chi connectivity index (χ0v) is 23.0. The van der Waals surface area contributed by atoms with E-state index in [4.69, 9.17) is 22.1 Å². The van der Waals surface area contributed by atoms with Crippen LogP contribution in [0.2, 0.25) is 5.02 Å². The summed E-state index contributed by atoms with van der Waals surface area (Å²) in [6.07, 6.45) is 6.21. The van der Waals surface area contributed by atoms with Gasteiger partial charge in [-0.3, -0.25) is 24.6 Å². The van der Waals surface area contributed by atoms with Gasteiger partial charge in [-0.05, 0) is 37.0 Å². The second kappa shape index (κ2) is 14.5. The second-order valence-corrected chi connectivity index (χ2v) is 10.7. The molecule has 1 heterocycles. The normalized spacial score (nSPS) is 19.8. The lowest BCUT2D eigenvalue weighted by Crippen LogP contribution is -2.55. The van der Waals surface area contributed by atoms with Gasteiger partial charge < -0.3 is 20.7 Å². The van der Waals surface area contributed by atoms with E-state index in [9.17, 15) is 19.2 Å². The second-order valence-electron chi connectivity index (χ2n) is 10.3. The Balaban J connectivity index is 1.67. The van der Waals surface area contributed by atoms with Crippen molar-refractivity contribution in [1.29, 1.82) is 0 Å². The maximum absolute atomic E-state index is 13.5. The number of hydrogen-bond acceptors (Lipinski definition) is 7. The van der Waals surface area contributed by atoms with E-state index in [1.54, 1.807) is 19.1 Å². The highest BCUT2D eigenvalue weighted by molar-refractivity contribution is 6.30. The first-order valence-electron chi connectivity index (χ1n) is 13.4. The maximum Gasteiger partial charge on any atom is 0.302 e. The van der Waals surface area contributed by atoms with E-state index in [1.165, 1.54) is 6.92 Å². The molecule has 0 spiro atoms. The number of benzene rings is 1. The average molecular weight is 550 g/mol. The average Bonchev–Trinajstić information content (AvgIpc) is 3.36. The van der Waals surface area contributed by atoms with Crippen LogP contribution in [0.3, 0.4) is 0 Å². The molecule has 1 aliphatic heterocycles. The van der Waals surface area contributed by atoms with Gasteiger partial charge in [0.05, 0.1) is 12.5 Å². The molecule has 1 saturated heterocycles. The molecule has 2 fully saturated rings. The third-order valence-electron chi connectivity index (χ3n) is 7.20. The van der Waals surface area contributed by atoms with Gasteiger partial charge in [-0.25, -0.2) is 5.01 Å². The fourth-order valence-corrected chi connectivity index (χ4v) is 5.33. The summed E-state index contributed by atoms with van der Waals surface area (Å²) in [5.41, 5.74) is 9.26. The lowest BCUT2D eigenvalue weighted by atomic mass is 9.92. The van der Waals surface area contributed by atoms with Crippen LogP contribution < -0.4 is 16.5 Å². The Morgan fingerprint density at radius 3 is 2.42 bits per heavy atom. The van der Waals surface area contributed by atoms with E-state index in [0.717, 1.165) is 37.7 Å². The molecule has 11 heteroatoms. The summed E-state index contributed by atoms with van der Waals surface area (Å²) in [6.45, 7) is 4.01. The molecule has 38 heavy (non-hydrogen) atoms. The van der Waals surface area contributed by atoms with Gasteiger partial charge in [-0.2, -0.15) is 0 Å². The Bertz CT molecular complexity index is 969. The monoisotopic (exact) mass is 549 g/mol. The summed E-state index contributed by atoms with van der Waals surface area (Å²) in [7, 11) is 0. The lowest BCUT2D eigenvalue weighted by molar-refractivity contribution is -0.148. The van der Waals surface area contributed by atoms with E-state index in [1.807, 2.05) is 22.0 Å². The smallest absolute Gasteiger partial charge is 0.302 e. The van der Waals surface area contributed by atoms with Gasteiger partial charge in [0, 0.05) is 43.5 Å². The summed E-state index contributed by atoms with van der Waals surface area (Å²) in [5, 5.41) is 5.11. The Morgan fingerprint density at radius 1 is 1.11 bits per heavy atom. The van der Waals surface area contributed by atoms with Crippen molar-refractivity contribution in [3.63, 3.8) is 0 Å². The molecule has 0 aromatic heterocycles. The number of esters is 1. The lowest BCUT2D eigenvalue weighted by Gasteiger charge is -2.40. The van der Waals surface area contributed by atoms with E-state index in [0.29, 0.717) is 24.5 Å². The number of nitrogens with two attached hydrogens (primary N) is 1. The molecule has 1 aliphatic carbocycles. The Morgan fingerprint density at radius 2 is 1.79 bits per heavy atom. The van der Waals surface area contributed by atoms with Crippen LogP contribution in [0.4, 0.5) is 0 Å². The molecule has 3 amide bonds. The maximum atomic E-state index is 13.5. The van der Waals surface area contributed by atoms with Crippen LogP contribution in [0, 0.1) is 5.92 Å². The van der Waals surface area contributed by atoms with Crippen LogP contribution in [0.25, 0.3) is 0 Å². The molecule has 0 radical (unpaired) electrons. The van der Waals surface area contributed by atoms with Gasteiger partial charge in [-0.1, -0.05) is 49.9 Å². The summed E-state index contributed by atoms with van der Waals surface area (Å²) < 4.78 is 5.12. The number of halogens is 1. The van der Waals surface area contributed by atoms with Gasteiger partial charge in [0.15, 0.2) is 0 Å². The molecular weight excluding hydrogens is 510 g/mol. The van der Waals surface area contributed by atoms with Gasteiger partial charge in [0.2, 0.25) is 11.8 Å². The minimum absolute atomic E-state index is 0.0212. The van der Waals surface area contributed by atoms with Crippen molar-refractivity contribution < 1.29 is 23.9 Å². The molecule has 4 N–H and O–H groups in total. The SMILES string of the molecule is CC(=O)OC[C@@H](C)C(=O)N(C1CCCCC1)[C@H]1CCN(NC(=O)[C@@H](Cc2ccc(Cl)cc2)NC(=O)CN)C1. The highest BCUT2D eigenvalue weighted by Crippen LogP contribution is 2.29. The van der Waals surface area contributed by atoms with Crippen LogP contribution in [0.5, 0.6) is 0 Å². The Kier molecular flexibility index (Phi) is 11.4. The molecule has 0 bridgehead atoms. The number of hydrazine groups is 1. The van der Waals surface area contributed by atoms with Gasteiger partial charge in [0.25, 0.3) is 5.91 Å². The number of nitrogens with zero attached hydrogens (tertiary/aromatic N) is 2. The summed E-state index contributed by atoms with van der Waals surface area (Å²) in [4.78, 5) is 52.1. The fraction of sp³-hybridized carbons (Fsp3) is 0.630. The third-order valence-corrected chi connectivity index (χ3v) is 7.45. The highest BCUT2D eigenvalue weighted by Gasteiger charge is 2.38. The van der Waals surface area contributed by atoms with Crippen molar-refractivity contribution in [2.45, 2.75) is 76.9 Å². The van der Waals surface area contributed by atoms with E-state index in [-0.39, 0.29) is 43.5 Å². The molecule has 3 rings (SSSR count). The first-order chi connectivity index (χ1) is 18.2. The molecular formula is C27H40ClN5O5. The molecule has 1 aromatic carbocycles. The van der Waals surface area contributed by atoms with Crippen molar-refractivity contribution in [3.05, 3.63) is 34.9 Å². The number of carbonyl (C=O) groups excluding carboxylic acids is 4. The van der Waals surface area contributed by atoms with Crippen molar-refractivity contribution in [3.8, 4) is 0 Å². The van der Waals surface area contributed by atoms with Crippen LogP contribution in [0.15, 0.2) is 24.3 Å². The standard InChI is InChI=1S/C27H40ClN5O5/c1-18(17-38-19(2)34)27(37)33(22-6-4-3-5-7-22)23-12-13-32(16-23)31-26(36)24(30-25(35)15-29)14-20-8-10-21(28)11-9-20/h8-11,18,22-24H,3-7,12-17,29H2,1-2H3,(H,30,35)(H,31,36)/t18-,23+,24-/m1/s1. The van der Waals surface area contributed by atoms with Crippen LogP contribution in [-0.4, -0.2) is 78.0 Å². The minimum atomic E-state index is -0.814. The van der Waals surface area contributed by atoms with E-state index >= 15 is 0 Å². The highest BCUT2D eigenvalue weighted by atomic mass is 35.5. The molecule has 1 aromatic rings.